The van der Waals surface area contributed by atoms with Crippen LogP contribution in [0.5, 0.6) is 0 Å². The summed E-state index contributed by atoms with van der Waals surface area (Å²) in [6.45, 7) is 1.90. The summed E-state index contributed by atoms with van der Waals surface area (Å²) in [5.74, 6) is 0. The molecular weight excluding hydrogens is 192 g/mol. The van der Waals surface area contributed by atoms with Gasteiger partial charge in [-0.25, -0.2) is 5.53 Å². The van der Waals surface area contributed by atoms with Crippen LogP contribution in [0.3, 0.4) is 0 Å². The fourth-order valence-electron chi connectivity index (χ4n) is 1.11. The van der Waals surface area contributed by atoms with Crippen LogP contribution in [-0.2, 0) is 7.05 Å². The fourth-order valence-corrected chi connectivity index (χ4v) is 1.37. The summed E-state index contributed by atoms with van der Waals surface area (Å²) in [6, 6.07) is 0. The van der Waals surface area contributed by atoms with E-state index < -0.39 is 0 Å². The molecule has 0 fully saturated rings. The zero-order valence-electron chi connectivity index (χ0n) is 7.24. The molecular formula is C6H9ClN6. The number of rotatable bonds is 1. The molecule has 70 valence electrons. The molecule has 0 bridgehead atoms. The predicted octanol–water partition coefficient (Wildman–Crippen LogP) is 0.856. The summed E-state index contributed by atoms with van der Waals surface area (Å²) in [4.78, 5) is 0. The summed E-state index contributed by atoms with van der Waals surface area (Å²) in [6.07, 6.45) is -0.285. The molecule has 2 N–H and O–H groups in total. The molecule has 0 aliphatic carbocycles. The molecule has 1 unspecified atom stereocenters. The van der Waals surface area contributed by atoms with E-state index in [2.05, 4.69) is 26.4 Å². The molecule has 0 amide bonds. The summed E-state index contributed by atoms with van der Waals surface area (Å²) >= 11 is 6.04. The second-order valence-corrected chi connectivity index (χ2v) is 3.16. The van der Waals surface area contributed by atoms with E-state index >= 15 is 0 Å². The Bertz CT molecular complexity index is 356. The van der Waals surface area contributed by atoms with Crippen LogP contribution >= 0.6 is 11.6 Å². The molecule has 0 spiro atoms. The molecule has 2 heterocycles. The average Bonchev–Trinajstić information content (AvgIpc) is 2.70. The maximum atomic E-state index is 6.04. The van der Waals surface area contributed by atoms with Crippen LogP contribution < -0.4 is 11.0 Å². The van der Waals surface area contributed by atoms with Crippen molar-refractivity contribution >= 4 is 11.6 Å². The first-order valence-corrected chi connectivity index (χ1v) is 4.17. The molecule has 2 rings (SSSR count). The maximum Gasteiger partial charge on any atom is 0.186 e. The third-order valence-electron chi connectivity index (χ3n) is 1.97. The molecule has 1 aliphatic heterocycles. The summed E-state index contributed by atoms with van der Waals surface area (Å²) in [7, 11) is 1.84. The Morgan fingerprint density at radius 3 is 2.77 bits per heavy atom. The van der Waals surface area contributed by atoms with Gasteiger partial charge >= 0.3 is 0 Å². The van der Waals surface area contributed by atoms with Crippen LogP contribution in [0.25, 0.3) is 0 Å². The van der Waals surface area contributed by atoms with Gasteiger partial charge in [-0.15, -0.1) is 5.11 Å². The highest BCUT2D eigenvalue weighted by molar-refractivity contribution is 6.31. The van der Waals surface area contributed by atoms with Gasteiger partial charge < -0.3 is 0 Å². The van der Waals surface area contributed by atoms with Crippen LogP contribution in [0.2, 0.25) is 5.02 Å². The Morgan fingerprint density at radius 2 is 2.31 bits per heavy atom. The first-order chi connectivity index (χ1) is 6.20. The zero-order chi connectivity index (χ0) is 9.42. The van der Waals surface area contributed by atoms with Gasteiger partial charge in [0, 0.05) is 7.05 Å². The van der Waals surface area contributed by atoms with Crippen molar-refractivity contribution in [1.29, 1.82) is 0 Å². The molecule has 1 aromatic rings. The van der Waals surface area contributed by atoms with Crippen LogP contribution in [0.4, 0.5) is 0 Å². The standard InChI is InChI=1S/C6H9ClN6/c1-3-4(7)5(10-13(3)2)6-8-11-12-9-6/h6H,1-2H3,(H,8,12)(H,9,11). The van der Waals surface area contributed by atoms with Crippen LogP contribution in [0.15, 0.2) is 10.3 Å². The second-order valence-electron chi connectivity index (χ2n) is 2.78. The number of aromatic nitrogens is 2. The van der Waals surface area contributed by atoms with Gasteiger partial charge in [-0.3, -0.25) is 4.68 Å². The molecule has 0 aromatic carbocycles. The Hall–Kier alpha value is -1.14. The molecule has 1 aromatic heterocycles. The summed E-state index contributed by atoms with van der Waals surface area (Å²) < 4.78 is 1.72. The lowest BCUT2D eigenvalue weighted by Crippen LogP contribution is -2.24. The highest BCUT2D eigenvalue weighted by Crippen LogP contribution is 2.26. The van der Waals surface area contributed by atoms with E-state index in [0.29, 0.717) is 10.7 Å². The smallest absolute Gasteiger partial charge is 0.186 e. The van der Waals surface area contributed by atoms with Crippen molar-refractivity contribution in [1.82, 2.24) is 20.7 Å². The predicted molar refractivity (Wildman–Crippen MR) is 46.8 cm³/mol. The van der Waals surface area contributed by atoms with Crippen molar-refractivity contribution in [3.63, 3.8) is 0 Å². The number of hydrogen-bond acceptors (Lipinski definition) is 5. The largest absolute Gasteiger partial charge is 0.271 e. The molecule has 1 aliphatic rings. The fraction of sp³-hybridized carbons (Fsp3) is 0.500. The number of nitrogens with zero attached hydrogens (tertiary/aromatic N) is 4. The normalized spacial score (nSPS) is 20.7. The van der Waals surface area contributed by atoms with Gasteiger partial charge in [-0.2, -0.15) is 10.5 Å². The van der Waals surface area contributed by atoms with Gasteiger partial charge in [-0.05, 0) is 6.92 Å². The van der Waals surface area contributed by atoms with Gasteiger partial charge in [-0.1, -0.05) is 16.8 Å². The van der Waals surface area contributed by atoms with E-state index in [1.165, 1.54) is 0 Å². The third-order valence-corrected chi connectivity index (χ3v) is 2.44. The zero-order valence-corrected chi connectivity index (χ0v) is 8.00. The van der Waals surface area contributed by atoms with Crippen LogP contribution in [0, 0.1) is 6.92 Å². The number of aryl methyl sites for hydroxylation is 1. The summed E-state index contributed by atoms with van der Waals surface area (Å²) in [5.41, 5.74) is 6.95. The molecule has 0 saturated carbocycles. The molecule has 13 heavy (non-hydrogen) atoms. The van der Waals surface area contributed by atoms with Crippen LogP contribution in [-0.4, -0.2) is 9.78 Å². The van der Waals surface area contributed by atoms with Gasteiger partial charge in [0.2, 0.25) is 0 Å². The lowest BCUT2D eigenvalue weighted by Gasteiger charge is -2.00. The van der Waals surface area contributed by atoms with Crippen molar-refractivity contribution in [3.8, 4) is 0 Å². The van der Waals surface area contributed by atoms with E-state index in [1.807, 2.05) is 14.0 Å². The Balaban J connectivity index is 2.40. The number of nitrogens with one attached hydrogen (secondary N) is 2. The monoisotopic (exact) mass is 200 g/mol. The highest BCUT2D eigenvalue weighted by atomic mass is 35.5. The topological polar surface area (TPSA) is 66.6 Å². The average molecular weight is 201 g/mol. The van der Waals surface area contributed by atoms with Crippen molar-refractivity contribution in [2.45, 2.75) is 13.1 Å². The first kappa shape index (κ1) is 8.46. The van der Waals surface area contributed by atoms with E-state index in [0.717, 1.165) is 5.69 Å². The minimum absolute atomic E-state index is 0.285. The van der Waals surface area contributed by atoms with E-state index in [1.54, 1.807) is 4.68 Å². The van der Waals surface area contributed by atoms with Gasteiger partial charge in [0.15, 0.2) is 6.17 Å². The van der Waals surface area contributed by atoms with Crippen molar-refractivity contribution in [3.05, 3.63) is 16.4 Å². The SMILES string of the molecule is Cc1c(Cl)c(C2N=NNN2)nn1C. The Morgan fingerprint density at radius 1 is 1.54 bits per heavy atom. The highest BCUT2D eigenvalue weighted by Gasteiger charge is 2.22. The van der Waals surface area contributed by atoms with Crippen LogP contribution in [0.1, 0.15) is 17.6 Å². The molecule has 1 atom stereocenters. The first-order valence-electron chi connectivity index (χ1n) is 3.79. The quantitative estimate of drug-likeness (QED) is 0.707. The maximum absolute atomic E-state index is 6.04. The van der Waals surface area contributed by atoms with Crippen molar-refractivity contribution in [2.75, 3.05) is 0 Å². The molecule has 0 radical (unpaired) electrons. The number of hydrazine groups is 1. The molecule has 6 nitrogen and oxygen atoms in total. The molecule has 7 heteroatoms. The van der Waals surface area contributed by atoms with Gasteiger partial charge in [0.25, 0.3) is 0 Å². The second kappa shape index (κ2) is 2.97. The van der Waals surface area contributed by atoms with E-state index in [4.69, 9.17) is 11.6 Å². The van der Waals surface area contributed by atoms with E-state index in [-0.39, 0.29) is 6.17 Å². The Kier molecular flexibility index (Phi) is 1.93. The van der Waals surface area contributed by atoms with Gasteiger partial charge in [0.05, 0.1) is 10.7 Å². The van der Waals surface area contributed by atoms with E-state index in [9.17, 15) is 0 Å². The lowest BCUT2D eigenvalue weighted by atomic mass is 10.3. The summed E-state index contributed by atoms with van der Waals surface area (Å²) in [5, 5.41) is 12.3. The Labute approximate surface area is 79.9 Å². The molecule has 0 saturated heterocycles. The third kappa shape index (κ3) is 1.27. The minimum Gasteiger partial charge on any atom is -0.271 e. The van der Waals surface area contributed by atoms with Gasteiger partial charge in [0.1, 0.15) is 5.69 Å². The van der Waals surface area contributed by atoms with Crippen molar-refractivity contribution in [2.24, 2.45) is 17.4 Å². The lowest BCUT2D eigenvalue weighted by molar-refractivity contribution is 0.534. The number of halogens is 1. The number of hydrogen-bond donors (Lipinski definition) is 2. The van der Waals surface area contributed by atoms with Crippen molar-refractivity contribution < 1.29 is 0 Å². The minimum atomic E-state index is -0.285.